The van der Waals surface area contributed by atoms with Crippen molar-refractivity contribution >= 4 is 84.9 Å². The number of benzene rings is 8. The highest BCUT2D eigenvalue weighted by molar-refractivity contribution is 8.01. The molecule has 1 unspecified atom stereocenters. The molecule has 4 heteroatoms. The van der Waals surface area contributed by atoms with E-state index in [9.17, 15) is 0 Å². The molecule has 0 spiro atoms. The van der Waals surface area contributed by atoms with Gasteiger partial charge in [0.2, 0.25) is 0 Å². The molecule has 8 aromatic carbocycles. The van der Waals surface area contributed by atoms with E-state index in [0.717, 1.165) is 6.42 Å². The minimum atomic E-state index is -3.07. The van der Waals surface area contributed by atoms with Crippen LogP contribution < -0.4 is 20.7 Å². The molecule has 2 nitrogen and oxygen atoms in total. The normalized spacial score (nSPS) is 15.9. The van der Waals surface area contributed by atoms with Gasteiger partial charge >= 0.3 is 0 Å². The SMILES string of the molecule is CC12Cc3c(n(-c4cccc([Si](c5ccccc5)(c5ccccc5)c5cccc6c7ccccc7n(-c7ccccc7)c56)c4)c4ccccc34)C=C1c1ccccc1S2. The van der Waals surface area contributed by atoms with E-state index in [1.165, 1.54) is 92.1 Å². The first-order valence-corrected chi connectivity index (χ1v) is 23.4. The second-order valence-electron chi connectivity index (χ2n) is 16.2. The first-order valence-electron chi connectivity index (χ1n) is 20.6. The van der Waals surface area contributed by atoms with Crippen molar-refractivity contribution in [2.75, 3.05) is 0 Å². The molecule has 1 atom stereocenters. The number of rotatable bonds is 6. The predicted molar refractivity (Wildman–Crippen MR) is 254 cm³/mol. The van der Waals surface area contributed by atoms with Crippen LogP contribution in [0.1, 0.15) is 23.7 Å². The summed E-state index contributed by atoms with van der Waals surface area (Å²) in [5.41, 5.74) is 11.6. The molecule has 280 valence electrons. The van der Waals surface area contributed by atoms with E-state index in [0.29, 0.717) is 0 Å². The van der Waals surface area contributed by atoms with E-state index in [1.807, 2.05) is 11.8 Å². The van der Waals surface area contributed by atoms with E-state index in [-0.39, 0.29) is 4.75 Å². The zero-order valence-electron chi connectivity index (χ0n) is 32.7. The van der Waals surface area contributed by atoms with Gasteiger partial charge in [0.25, 0.3) is 0 Å². The molecule has 1 aliphatic carbocycles. The molecule has 2 aliphatic rings. The fourth-order valence-corrected chi connectivity index (χ4v) is 16.9. The third kappa shape index (κ3) is 5.00. The van der Waals surface area contributed by atoms with Crippen LogP contribution in [0, 0.1) is 0 Å². The Morgan fingerprint density at radius 2 is 1.05 bits per heavy atom. The van der Waals surface area contributed by atoms with Crippen LogP contribution in [0.4, 0.5) is 0 Å². The van der Waals surface area contributed by atoms with Gasteiger partial charge in [-0.15, -0.1) is 11.8 Å². The summed E-state index contributed by atoms with van der Waals surface area (Å²) in [6.45, 7) is 2.44. The van der Waals surface area contributed by atoms with Gasteiger partial charge in [0.1, 0.15) is 0 Å². The molecule has 3 heterocycles. The zero-order valence-corrected chi connectivity index (χ0v) is 34.5. The van der Waals surface area contributed by atoms with E-state index in [4.69, 9.17) is 0 Å². The lowest BCUT2D eigenvalue weighted by molar-refractivity contribution is 0.803. The zero-order chi connectivity index (χ0) is 39.1. The number of hydrogen-bond donors (Lipinski definition) is 0. The lowest BCUT2D eigenvalue weighted by Gasteiger charge is -2.35. The Morgan fingerprint density at radius 1 is 0.492 bits per heavy atom. The first kappa shape index (κ1) is 34.4. The van der Waals surface area contributed by atoms with Crippen LogP contribution in [0.15, 0.2) is 211 Å². The van der Waals surface area contributed by atoms with Gasteiger partial charge in [-0.3, -0.25) is 0 Å². The van der Waals surface area contributed by atoms with Crippen LogP contribution >= 0.6 is 11.8 Å². The van der Waals surface area contributed by atoms with E-state index in [2.05, 4.69) is 228 Å². The van der Waals surface area contributed by atoms with Crippen LogP contribution in [0.3, 0.4) is 0 Å². The summed E-state index contributed by atoms with van der Waals surface area (Å²) in [6.07, 6.45) is 3.50. The highest BCUT2D eigenvalue weighted by atomic mass is 32.2. The molecule has 10 aromatic rings. The number of para-hydroxylation sites is 4. The second-order valence-corrected chi connectivity index (χ2v) is 21.5. The van der Waals surface area contributed by atoms with Gasteiger partial charge in [0.15, 0.2) is 8.07 Å². The maximum absolute atomic E-state index is 3.07. The maximum Gasteiger partial charge on any atom is 0.181 e. The van der Waals surface area contributed by atoms with Crippen LogP contribution in [0.2, 0.25) is 0 Å². The minimum absolute atomic E-state index is 0.00787. The number of fused-ring (bicyclic) bond motifs is 9. The predicted octanol–water partition coefficient (Wildman–Crippen LogP) is 11.1. The average Bonchev–Trinajstić information content (AvgIpc) is 3.91. The van der Waals surface area contributed by atoms with Crippen LogP contribution in [-0.2, 0) is 6.42 Å². The van der Waals surface area contributed by atoms with Crippen LogP contribution in [-0.4, -0.2) is 22.0 Å². The number of aromatic nitrogens is 2. The molecule has 2 aromatic heterocycles. The fourth-order valence-electron chi connectivity index (χ4n) is 10.5. The molecular formula is C55H40N2SSi. The third-order valence-corrected chi connectivity index (χ3v) is 19.1. The molecule has 0 radical (unpaired) electrons. The molecule has 0 fully saturated rings. The van der Waals surface area contributed by atoms with Crippen molar-refractivity contribution in [1.29, 1.82) is 0 Å². The lowest BCUT2D eigenvalue weighted by atomic mass is 9.82. The minimum Gasteiger partial charge on any atom is -0.310 e. The molecule has 0 amide bonds. The van der Waals surface area contributed by atoms with Crippen molar-refractivity contribution < 1.29 is 0 Å². The van der Waals surface area contributed by atoms with Crippen molar-refractivity contribution in [3.8, 4) is 11.4 Å². The Balaban J connectivity index is 1.19. The summed E-state index contributed by atoms with van der Waals surface area (Å²) in [5, 5.41) is 9.33. The van der Waals surface area contributed by atoms with E-state index in [1.54, 1.807) is 0 Å². The van der Waals surface area contributed by atoms with Crippen LogP contribution in [0.5, 0.6) is 0 Å². The highest BCUT2D eigenvalue weighted by Gasteiger charge is 2.45. The Kier molecular flexibility index (Phi) is 7.72. The average molecular weight is 789 g/mol. The summed E-state index contributed by atoms with van der Waals surface area (Å²) in [6, 6.07) is 77.3. The van der Waals surface area contributed by atoms with Crippen molar-refractivity contribution in [3.05, 3.63) is 223 Å². The monoisotopic (exact) mass is 788 g/mol. The molecule has 0 saturated heterocycles. The maximum atomic E-state index is 2.56. The summed E-state index contributed by atoms with van der Waals surface area (Å²) < 4.78 is 5.07. The van der Waals surface area contributed by atoms with Gasteiger partial charge in [-0.05, 0) is 99.3 Å². The van der Waals surface area contributed by atoms with Crippen molar-refractivity contribution in [2.24, 2.45) is 0 Å². The standard InChI is InChI=1S/C55H40N2SSi/c1-55-37-47-44-28-12-14-31-49(44)56(51(47)36-48(55)46-29-13-16-33-52(46)58-55)39-21-17-26-42(35-39)59(40-22-7-3-8-23-40,41-24-9-4-10-25-41)53-34-18-30-45-43-27-11-15-32-50(43)57(54(45)53)38-19-5-2-6-20-38/h2-36H,37H2,1H3. The smallest absolute Gasteiger partial charge is 0.181 e. The first-order chi connectivity index (χ1) is 29.1. The van der Waals surface area contributed by atoms with Gasteiger partial charge in [0.05, 0.1) is 22.2 Å². The summed E-state index contributed by atoms with van der Waals surface area (Å²) in [5.74, 6) is 0. The quantitative estimate of drug-likeness (QED) is 0.121. The Morgan fingerprint density at radius 3 is 1.80 bits per heavy atom. The molecule has 0 saturated carbocycles. The van der Waals surface area contributed by atoms with Crippen molar-refractivity contribution in [3.63, 3.8) is 0 Å². The van der Waals surface area contributed by atoms with Crippen molar-refractivity contribution in [1.82, 2.24) is 9.13 Å². The molecule has 12 rings (SSSR count). The van der Waals surface area contributed by atoms with Gasteiger partial charge < -0.3 is 9.13 Å². The fraction of sp³-hybridized carbons (Fsp3) is 0.0545. The highest BCUT2D eigenvalue weighted by Crippen LogP contribution is 2.58. The molecular weight excluding hydrogens is 749 g/mol. The molecule has 1 aliphatic heterocycles. The number of nitrogens with zero attached hydrogens (tertiary/aromatic N) is 2. The van der Waals surface area contributed by atoms with Crippen LogP contribution in [0.25, 0.3) is 55.7 Å². The van der Waals surface area contributed by atoms with E-state index >= 15 is 0 Å². The Hall–Kier alpha value is -6.59. The van der Waals surface area contributed by atoms with Gasteiger partial charge in [-0.25, -0.2) is 0 Å². The Labute approximate surface area is 349 Å². The molecule has 59 heavy (non-hydrogen) atoms. The van der Waals surface area contributed by atoms with Gasteiger partial charge in [-0.1, -0.05) is 164 Å². The largest absolute Gasteiger partial charge is 0.310 e. The number of thioether (sulfide) groups is 1. The summed E-state index contributed by atoms with van der Waals surface area (Å²) in [7, 11) is -3.07. The van der Waals surface area contributed by atoms with Gasteiger partial charge in [-0.2, -0.15) is 0 Å². The summed E-state index contributed by atoms with van der Waals surface area (Å²) >= 11 is 2.03. The number of hydrogen-bond acceptors (Lipinski definition) is 1. The lowest BCUT2D eigenvalue weighted by Crippen LogP contribution is -2.75. The van der Waals surface area contributed by atoms with Crippen molar-refractivity contribution in [2.45, 2.75) is 23.0 Å². The molecule has 0 N–H and O–H groups in total. The third-order valence-electron chi connectivity index (χ3n) is 13.0. The van der Waals surface area contributed by atoms with E-state index < -0.39 is 8.07 Å². The second kappa shape index (κ2) is 13.2. The topological polar surface area (TPSA) is 9.86 Å². The Bertz CT molecular complexity index is 3250. The van der Waals surface area contributed by atoms with Gasteiger partial charge in [0, 0.05) is 37.2 Å². The summed E-state index contributed by atoms with van der Waals surface area (Å²) in [4.78, 5) is 1.38. The molecule has 0 bridgehead atoms.